The molecular weight excluding hydrogens is 228 g/mol. The fourth-order valence-electron chi connectivity index (χ4n) is 1.82. The van der Waals surface area contributed by atoms with E-state index in [0.29, 0.717) is 12.8 Å². The Morgan fingerprint density at radius 1 is 1.69 bits per heavy atom. The maximum absolute atomic E-state index is 11.2. The number of aryl methyl sites for hydroxylation is 1. The third-order valence-corrected chi connectivity index (χ3v) is 4.14. The number of carbonyl (C=O) groups is 1. The summed E-state index contributed by atoms with van der Waals surface area (Å²) in [5.74, 6) is -0.424. The van der Waals surface area contributed by atoms with Gasteiger partial charge in [0, 0.05) is 12.3 Å². The lowest BCUT2D eigenvalue weighted by Crippen LogP contribution is -2.50. The average Bonchev–Trinajstić information content (AvgIpc) is 2.77. The first kappa shape index (κ1) is 11.3. The van der Waals surface area contributed by atoms with Gasteiger partial charge in [-0.25, -0.2) is 4.68 Å². The Balaban J connectivity index is 2.00. The number of nitrogens with zero attached hydrogens (tertiary/aromatic N) is 4. The molecule has 8 heteroatoms. The van der Waals surface area contributed by atoms with Crippen LogP contribution in [0.25, 0.3) is 0 Å². The molecule has 1 heterocycles. The van der Waals surface area contributed by atoms with Gasteiger partial charge in [0.1, 0.15) is 0 Å². The molecule has 1 aromatic rings. The van der Waals surface area contributed by atoms with Crippen LogP contribution >= 0.6 is 11.8 Å². The molecule has 1 saturated carbocycles. The van der Waals surface area contributed by atoms with Crippen molar-refractivity contribution in [2.24, 2.45) is 18.5 Å². The monoisotopic (exact) mass is 242 g/mol. The van der Waals surface area contributed by atoms with Gasteiger partial charge in [-0.3, -0.25) is 4.79 Å². The van der Waals surface area contributed by atoms with Crippen LogP contribution in [0.15, 0.2) is 5.16 Å². The summed E-state index contributed by atoms with van der Waals surface area (Å²) < 4.78 is 1.60. The average molecular weight is 242 g/mol. The van der Waals surface area contributed by atoms with Gasteiger partial charge < -0.3 is 11.5 Å². The lowest BCUT2D eigenvalue weighted by Gasteiger charge is -2.18. The first-order chi connectivity index (χ1) is 7.51. The van der Waals surface area contributed by atoms with Gasteiger partial charge in [-0.15, -0.1) is 5.10 Å². The van der Waals surface area contributed by atoms with Gasteiger partial charge in [-0.05, 0) is 29.7 Å². The van der Waals surface area contributed by atoms with Gasteiger partial charge >= 0.3 is 0 Å². The maximum Gasteiger partial charge on any atom is 0.237 e. The smallest absolute Gasteiger partial charge is 0.237 e. The van der Waals surface area contributed by atoms with E-state index in [1.165, 1.54) is 0 Å². The Morgan fingerprint density at radius 3 is 2.94 bits per heavy atom. The molecule has 0 bridgehead atoms. The minimum Gasteiger partial charge on any atom is -0.368 e. The van der Waals surface area contributed by atoms with Crippen molar-refractivity contribution in [3.05, 3.63) is 0 Å². The van der Waals surface area contributed by atoms with Crippen LogP contribution < -0.4 is 11.5 Å². The van der Waals surface area contributed by atoms with E-state index < -0.39 is 11.4 Å². The Bertz CT molecular complexity index is 407. The molecule has 0 saturated heterocycles. The van der Waals surface area contributed by atoms with Crippen LogP contribution in [0.5, 0.6) is 0 Å². The van der Waals surface area contributed by atoms with Gasteiger partial charge in [0.15, 0.2) is 0 Å². The highest BCUT2D eigenvalue weighted by Gasteiger charge is 2.41. The number of hydrogen-bond acceptors (Lipinski definition) is 6. The fraction of sp³-hybridized carbons (Fsp3) is 0.750. The van der Waals surface area contributed by atoms with Gasteiger partial charge in [0.05, 0.1) is 5.54 Å². The Labute approximate surface area is 96.9 Å². The Morgan fingerprint density at radius 2 is 2.44 bits per heavy atom. The Hall–Kier alpha value is -1.15. The molecule has 2 atom stereocenters. The zero-order chi connectivity index (χ0) is 11.8. The number of carbonyl (C=O) groups excluding carboxylic acids is 1. The molecule has 1 aliphatic rings. The molecule has 1 fully saturated rings. The molecule has 16 heavy (non-hydrogen) atoms. The molecule has 1 amide bonds. The summed E-state index contributed by atoms with van der Waals surface area (Å²) in [4.78, 5) is 11.2. The molecule has 7 nitrogen and oxygen atoms in total. The van der Waals surface area contributed by atoms with Crippen molar-refractivity contribution in [2.75, 3.05) is 0 Å². The molecule has 2 rings (SSSR count). The minimum atomic E-state index is -0.857. The molecule has 88 valence electrons. The van der Waals surface area contributed by atoms with Crippen LogP contribution in [-0.2, 0) is 11.8 Å². The first-order valence-electron chi connectivity index (χ1n) is 4.99. The SMILES string of the molecule is Cn1nnnc1SC1CCC(N)(C(N)=O)C1. The van der Waals surface area contributed by atoms with E-state index >= 15 is 0 Å². The summed E-state index contributed by atoms with van der Waals surface area (Å²) in [5, 5.41) is 12.2. The number of primary amides is 1. The maximum atomic E-state index is 11.2. The van der Waals surface area contributed by atoms with Crippen molar-refractivity contribution in [1.29, 1.82) is 0 Å². The van der Waals surface area contributed by atoms with E-state index in [1.807, 2.05) is 0 Å². The van der Waals surface area contributed by atoms with Crippen molar-refractivity contribution in [3.63, 3.8) is 0 Å². The molecule has 0 aromatic carbocycles. The molecule has 0 spiro atoms. The molecule has 0 aliphatic heterocycles. The Kier molecular flexibility index (Phi) is 2.85. The third-order valence-electron chi connectivity index (χ3n) is 2.85. The van der Waals surface area contributed by atoms with Crippen LogP contribution in [0, 0.1) is 0 Å². The zero-order valence-corrected chi connectivity index (χ0v) is 9.78. The van der Waals surface area contributed by atoms with Gasteiger partial charge in [-0.1, -0.05) is 11.8 Å². The fourth-order valence-corrected chi connectivity index (χ4v) is 3.01. The lowest BCUT2D eigenvalue weighted by molar-refractivity contribution is -0.122. The number of hydrogen-bond donors (Lipinski definition) is 2. The second kappa shape index (κ2) is 4.02. The lowest BCUT2D eigenvalue weighted by atomic mass is 9.99. The van der Waals surface area contributed by atoms with Gasteiger partial charge in [0.25, 0.3) is 0 Å². The largest absolute Gasteiger partial charge is 0.368 e. The number of aromatic nitrogens is 4. The molecule has 0 radical (unpaired) electrons. The third kappa shape index (κ3) is 2.03. The normalized spacial score (nSPS) is 29.5. The summed E-state index contributed by atoms with van der Waals surface area (Å²) in [5.41, 5.74) is 10.3. The molecular formula is C8H14N6OS. The van der Waals surface area contributed by atoms with E-state index in [1.54, 1.807) is 23.5 Å². The van der Waals surface area contributed by atoms with Crippen molar-refractivity contribution in [3.8, 4) is 0 Å². The highest BCUT2D eigenvalue weighted by atomic mass is 32.2. The predicted molar refractivity (Wildman–Crippen MR) is 58.4 cm³/mol. The summed E-state index contributed by atoms with van der Waals surface area (Å²) in [7, 11) is 1.78. The van der Waals surface area contributed by atoms with Crippen molar-refractivity contribution < 1.29 is 4.79 Å². The molecule has 1 aromatic heterocycles. The van der Waals surface area contributed by atoms with Crippen LogP contribution in [0.4, 0.5) is 0 Å². The molecule has 4 N–H and O–H groups in total. The topological polar surface area (TPSA) is 113 Å². The van der Waals surface area contributed by atoms with Gasteiger partial charge in [-0.2, -0.15) is 0 Å². The van der Waals surface area contributed by atoms with E-state index in [4.69, 9.17) is 11.5 Å². The van der Waals surface area contributed by atoms with Crippen LogP contribution in [0.3, 0.4) is 0 Å². The summed E-state index contributed by atoms with van der Waals surface area (Å²) in [6.45, 7) is 0. The van der Waals surface area contributed by atoms with E-state index in [2.05, 4.69) is 15.5 Å². The van der Waals surface area contributed by atoms with E-state index in [-0.39, 0.29) is 5.25 Å². The number of nitrogens with two attached hydrogens (primary N) is 2. The quantitative estimate of drug-likeness (QED) is 0.705. The van der Waals surface area contributed by atoms with Crippen molar-refractivity contribution >= 4 is 17.7 Å². The van der Waals surface area contributed by atoms with Crippen molar-refractivity contribution in [1.82, 2.24) is 20.2 Å². The zero-order valence-electron chi connectivity index (χ0n) is 8.96. The predicted octanol–water partition coefficient (Wildman–Crippen LogP) is -0.962. The van der Waals surface area contributed by atoms with Gasteiger partial charge in [0.2, 0.25) is 11.1 Å². The van der Waals surface area contributed by atoms with E-state index in [9.17, 15) is 4.79 Å². The first-order valence-corrected chi connectivity index (χ1v) is 5.87. The summed E-state index contributed by atoms with van der Waals surface area (Å²) in [6, 6.07) is 0. The molecule has 1 aliphatic carbocycles. The van der Waals surface area contributed by atoms with Crippen LogP contribution in [-0.4, -0.2) is 36.9 Å². The number of thioether (sulfide) groups is 1. The highest BCUT2D eigenvalue weighted by Crippen LogP contribution is 2.37. The minimum absolute atomic E-state index is 0.252. The number of amides is 1. The summed E-state index contributed by atoms with van der Waals surface area (Å²) in [6.07, 6.45) is 2.07. The highest BCUT2D eigenvalue weighted by molar-refractivity contribution is 7.99. The second-order valence-electron chi connectivity index (χ2n) is 4.09. The standard InChI is InChI=1S/C8H14N6OS/c1-14-7(11-12-13-14)16-5-2-3-8(10,4-5)6(9)15/h5H,2-4,10H2,1H3,(H2,9,15). The van der Waals surface area contributed by atoms with E-state index in [0.717, 1.165) is 11.6 Å². The molecule has 2 unspecified atom stereocenters. The second-order valence-corrected chi connectivity index (χ2v) is 5.36. The summed E-state index contributed by atoms with van der Waals surface area (Å²) >= 11 is 1.54. The number of rotatable bonds is 3. The van der Waals surface area contributed by atoms with Crippen molar-refractivity contribution in [2.45, 2.75) is 35.2 Å². The van der Waals surface area contributed by atoms with Crippen LogP contribution in [0.2, 0.25) is 0 Å². The van der Waals surface area contributed by atoms with Crippen LogP contribution in [0.1, 0.15) is 19.3 Å². The number of tetrazole rings is 1.